The summed E-state index contributed by atoms with van der Waals surface area (Å²) in [5.74, 6) is -3.98. The Morgan fingerprint density at radius 1 is 1.24 bits per heavy atom. The molecule has 7 nitrogen and oxygen atoms in total. The van der Waals surface area contributed by atoms with Crippen LogP contribution in [0.4, 0.5) is 4.39 Å². The highest BCUT2D eigenvalue weighted by molar-refractivity contribution is 5.87. The summed E-state index contributed by atoms with van der Waals surface area (Å²) in [6.07, 6.45) is -1.15. The molecular formula is C13H14FNO6. The maximum Gasteiger partial charge on any atom is 0.323 e. The molecule has 1 atom stereocenters. The van der Waals surface area contributed by atoms with Gasteiger partial charge in [0, 0.05) is 6.07 Å². The fourth-order valence-electron chi connectivity index (χ4n) is 1.59. The molecule has 21 heavy (non-hydrogen) atoms. The molecule has 1 aromatic rings. The number of carbonyl (C=O) groups excluding carboxylic acids is 1. The van der Waals surface area contributed by atoms with Crippen LogP contribution in [0.15, 0.2) is 24.3 Å². The molecule has 0 saturated carbocycles. The number of hydrogen-bond donors (Lipinski definition) is 2. The van der Waals surface area contributed by atoms with Gasteiger partial charge in [0.2, 0.25) is 0 Å². The molecule has 0 saturated heterocycles. The van der Waals surface area contributed by atoms with Gasteiger partial charge in [-0.2, -0.15) is 0 Å². The van der Waals surface area contributed by atoms with Crippen LogP contribution in [0.5, 0.6) is 5.75 Å². The first-order chi connectivity index (χ1) is 9.79. The summed E-state index contributed by atoms with van der Waals surface area (Å²) >= 11 is 0. The average Bonchev–Trinajstić information content (AvgIpc) is 2.35. The first-order valence-corrected chi connectivity index (χ1v) is 5.94. The van der Waals surface area contributed by atoms with E-state index in [1.165, 1.54) is 25.1 Å². The van der Waals surface area contributed by atoms with Crippen molar-refractivity contribution in [1.29, 1.82) is 0 Å². The zero-order valence-corrected chi connectivity index (χ0v) is 11.2. The standard InChI is InChI=1S/C13H14FNO6/c1-8(21-10-4-2-3-9(14)5-10)13(20)15(6-11(16)17)7-12(18)19/h2-5,8H,6-7H2,1H3,(H,16,17)(H,18,19). The van der Waals surface area contributed by atoms with Gasteiger partial charge in [-0.05, 0) is 19.1 Å². The third kappa shape index (κ3) is 5.47. The molecule has 0 aliphatic carbocycles. The molecule has 0 radical (unpaired) electrons. The molecule has 1 aromatic carbocycles. The fraction of sp³-hybridized carbons (Fsp3) is 0.308. The van der Waals surface area contributed by atoms with Gasteiger partial charge in [0.1, 0.15) is 24.7 Å². The minimum Gasteiger partial charge on any atom is -0.481 e. The van der Waals surface area contributed by atoms with Gasteiger partial charge in [0.05, 0.1) is 0 Å². The van der Waals surface area contributed by atoms with E-state index in [0.717, 1.165) is 6.07 Å². The smallest absolute Gasteiger partial charge is 0.323 e. The number of rotatable bonds is 7. The Kier molecular flexibility index (Phi) is 5.65. The van der Waals surface area contributed by atoms with Crippen LogP contribution in [0.25, 0.3) is 0 Å². The van der Waals surface area contributed by atoms with Gasteiger partial charge in [0.25, 0.3) is 5.91 Å². The van der Waals surface area contributed by atoms with Crippen molar-refractivity contribution in [2.75, 3.05) is 13.1 Å². The quantitative estimate of drug-likeness (QED) is 0.763. The van der Waals surface area contributed by atoms with Crippen LogP contribution in [-0.2, 0) is 14.4 Å². The SMILES string of the molecule is CC(Oc1cccc(F)c1)C(=O)N(CC(=O)O)CC(=O)O. The molecule has 0 aliphatic rings. The monoisotopic (exact) mass is 299 g/mol. The second-order valence-electron chi connectivity index (χ2n) is 4.20. The zero-order chi connectivity index (χ0) is 16.0. The number of carbonyl (C=O) groups is 3. The molecule has 1 rings (SSSR count). The summed E-state index contributed by atoms with van der Waals surface area (Å²) in [5.41, 5.74) is 0. The Balaban J connectivity index is 2.77. The van der Waals surface area contributed by atoms with Crippen molar-refractivity contribution >= 4 is 17.8 Å². The molecule has 2 N–H and O–H groups in total. The molecule has 1 amide bonds. The van der Waals surface area contributed by atoms with Gasteiger partial charge < -0.3 is 19.8 Å². The maximum absolute atomic E-state index is 13.0. The van der Waals surface area contributed by atoms with E-state index < -0.39 is 42.9 Å². The Morgan fingerprint density at radius 2 is 1.81 bits per heavy atom. The zero-order valence-electron chi connectivity index (χ0n) is 11.2. The van der Waals surface area contributed by atoms with E-state index in [-0.39, 0.29) is 5.75 Å². The molecule has 0 bridgehead atoms. The summed E-state index contributed by atoms with van der Waals surface area (Å²) in [7, 11) is 0. The number of nitrogens with zero attached hydrogens (tertiary/aromatic N) is 1. The molecular weight excluding hydrogens is 285 g/mol. The van der Waals surface area contributed by atoms with Crippen molar-refractivity contribution in [1.82, 2.24) is 4.90 Å². The van der Waals surface area contributed by atoms with Crippen molar-refractivity contribution in [3.05, 3.63) is 30.1 Å². The van der Waals surface area contributed by atoms with E-state index in [1.807, 2.05) is 0 Å². The van der Waals surface area contributed by atoms with Gasteiger partial charge in [-0.3, -0.25) is 14.4 Å². The van der Waals surface area contributed by atoms with Gasteiger partial charge in [-0.1, -0.05) is 6.07 Å². The van der Waals surface area contributed by atoms with Crippen molar-refractivity contribution in [3.63, 3.8) is 0 Å². The van der Waals surface area contributed by atoms with E-state index in [2.05, 4.69) is 0 Å². The van der Waals surface area contributed by atoms with Crippen LogP contribution < -0.4 is 4.74 Å². The lowest BCUT2D eigenvalue weighted by molar-refractivity contribution is -0.152. The molecule has 8 heteroatoms. The van der Waals surface area contributed by atoms with Gasteiger partial charge >= 0.3 is 11.9 Å². The lowest BCUT2D eigenvalue weighted by Gasteiger charge is -2.23. The summed E-state index contributed by atoms with van der Waals surface area (Å²) in [5, 5.41) is 17.4. The summed E-state index contributed by atoms with van der Waals surface area (Å²) < 4.78 is 18.2. The fourth-order valence-corrected chi connectivity index (χ4v) is 1.59. The van der Waals surface area contributed by atoms with E-state index in [9.17, 15) is 18.8 Å². The van der Waals surface area contributed by atoms with Crippen LogP contribution in [-0.4, -0.2) is 52.2 Å². The van der Waals surface area contributed by atoms with Crippen molar-refractivity contribution in [2.24, 2.45) is 0 Å². The first-order valence-electron chi connectivity index (χ1n) is 5.94. The number of carboxylic acid groups (broad SMARTS) is 2. The van der Waals surface area contributed by atoms with E-state index in [1.54, 1.807) is 0 Å². The molecule has 0 heterocycles. The Labute approximate surface area is 119 Å². The van der Waals surface area contributed by atoms with Crippen molar-refractivity contribution in [3.8, 4) is 5.75 Å². The van der Waals surface area contributed by atoms with E-state index >= 15 is 0 Å². The topological polar surface area (TPSA) is 104 Å². The lowest BCUT2D eigenvalue weighted by atomic mass is 10.3. The minimum absolute atomic E-state index is 0.0847. The van der Waals surface area contributed by atoms with Crippen LogP contribution >= 0.6 is 0 Å². The van der Waals surface area contributed by atoms with Gasteiger partial charge in [-0.15, -0.1) is 0 Å². The molecule has 0 fully saturated rings. The number of hydrogen-bond acceptors (Lipinski definition) is 4. The summed E-state index contributed by atoms with van der Waals surface area (Å²) in [4.78, 5) is 33.9. The first kappa shape index (κ1) is 16.4. The third-order valence-corrected chi connectivity index (χ3v) is 2.42. The van der Waals surface area contributed by atoms with Crippen LogP contribution in [0, 0.1) is 5.82 Å². The number of amides is 1. The molecule has 0 spiro atoms. The minimum atomic E-state index is -1.34. The number of ether oxygens (including phenoxy) is 1. The predicted octanol–water partition coefficient (Wildman–Crippen LogP) is 0.591. The highest BCUT2D eigenvalue weighted by Crippen LogP contribution is 2.14. The number of carboxylic acids is 2. The molecule has 1 unspecified atom stereocenters. The molecule has 0 aliphatic heterocycles. The largest absolute Gasteiger partial charge is 0.481 e. The third-order valence-electron chi connectivity index (χ3n) is 2.42. The van der Waals surface area contributed by atoms with Gasteiger partial charge in [0.15, 0.2) is 6.10 Å². The van der Waals surface area contributed by atoms with Crippen LogP contribution in [0.2, 0.25) is 0 Å². The van der Waals surface area contributed by atoms with Crippen molar-refractivity contribution < 1.29 is 33.7 Å². The highest BCUT2D eigenvalue weighted by atomic mass is 19.1. The number of aliphatic carboxylic acids is 2. The normalized spacial score (nSPS) is 11.5. The molecule has 0 aromatic heterocycles. The second kappa shape index (κ2) is 7.22. The Bertz CT molecular complexity index is 531. The number of halogens is 1. The van der Waals surface area contributed by atoms with E-state index in [4.69, 9.17) is 14.9 Å². The Morgan fingerprint density at radius 3 is 2.29 bits per heavy atom. The lowest BCUT2D eigenvalue weighted by Crippen LogP contribution is -2.45. The number of benzene rings is 1. The van der Waals surface area contributed by atoms with Gasteiger partial charge in [-0.25, -0.2) is 4.39 Å². The van der Waals surface area contributed by atoms with Crippen LogP contribution in [0.1, 0.15) is 6.92 Å². The summed E-state index contributed by atoms with van der Waals surface area (Å²) in [6.45, 7) is -0.200. The predicted molar refractivity (Wildman–Crippen MR) is 68.3 cm³/mol. The van der Waals surface area contributed by atoms with Crippen LogP contribution in [0.3, 0.4) is 0 Å². The molecule has 114 valence electrons. The average molecular weight is 299 g/mol. The highest BCUT2D eigenvalue weighted by Gasteiger charge is 2.25. The van der Waals surface area contributed by atoms with Crippen molar-refractivity contribution in [2.45, 2.75) is 13.0 Å². The Hall–Kier alpha value is -2.64. The summed E-state index contributed by atoms with van der Waals surface area (Å²) in [6, 6.07) is 5.06. The second-order valence-corrected chi connectivity index (χ2v) is 4.20. The maximum atomic E-state index is 13.0. The van der Waals surface area contributed by atoms with E-state index in [0.29, 0.717) is 4.90 Å².